The first-order valence-electron chi connectivity index (χ1n) is 4.42. The molecule has 0 bridgehead atoms. The molecule has 0 aromatic rings. The van der Waals surface area contributed by atoms with Crippen molar-refractivity contribution < 1.29 is 4.74 Å². The average Bonchev–Trinajstić information content (AvgIpc) is 2.03. The summed E-state index contributed by atoms with van der Waals surface area (Å²) in [4.78, 5) is 0. The van der Waals surface area contributed by atoms with E-state index in [-0.39, 0.29) is 0 Å². The van der Waals surface area contributed by atoms with Crippen LogP contribution in [-0.2, 0) is 4.74 Å². The molecule has 2 heteroatoms. The lowest BCUT2D eigenvalue weighted by Gasteiger charge is -2.21. The van der Waals surface area contributed by atoms with E-state index >= 15 is 0 Å². The average molecular weight is 172 g/mol. The topological polar surface area (TPSA) is 9.23 Å². The molecule has 0 spiro atoms. The smallest absolute Gasteiger partial charge is 0.156 e. The van der Waals surface area contributed by atoms with Crippen molar-refractivity contribution >= 4 is 17.3 Å². The van der Waals surface area contributed by atoms with Gasteiger partial charge in [0.15, 0.2) is 5.05 Å². The van der Waals surface area contributed by atoms with Crippen molar-refractivity contribution in [2.75, 3.05) is 6.61 Å². The molecule has 0 saturated heterocycles. The molecule has 0 aromatic heterocycles. The maximum absolute atomic E-state index is 5.31. The lowest BCUT2D eigenvalue weighted by atomic mass is 9.90. The first-order valence-corrected chi connectivity index (χ1v) is 4.83. The Morgan fingerprint density at radius 3 is 2.55 bits per heavy atom. The minimum atomic E-state index is 0.690. The molecule has 1 saturated carbocycles. The molecule has 64 valence electrons. The second-order valence-electron chi connectivity index (χ2n) is 3.31. The normalized spacial score (nSPS) is 19.7. The molecule has 11 heavy (non-hydrogen) atoms. The molecular formula is C9H16OS. The van der Waals surface area contributed by atoms with E-state index in [4.69, 9.17) is 17.0 Å². The monoisotopic (exact) mass is 172 g/mol. The van der Waals surface area contributed by atoms with Crippen LogP contribution in [0.15, 0.2) is 0 Å². The quantitative estimate of drug-likeness (QED) is 0.592. The van der Waals surface area contributed by atoms with Crippen LogP contribution >= 0.6 is 12.2 Å². The van der Waals surface area contributed by atoms with Crippen molar-refractivity contribution in [3.05, 3.63) is 0 Å². The lowest BCUT2D eigenvalue weighted by molar-refractivity contribution is 0.202. The van der Waals surface area contributed by atoms with E-state index in [0.717, 1.165) is 12.5 Å². The van der Waals surface area contributed by atoms with E-state index in [1.54, 1.807) is 0 Å². The molecule has 1 rings (SSSR count). The van der Waals surface area contributed by atoms with Crippen molar-refractivity contribution in [2.45, 2.75) is 39.0 Å². The Hall–Kier alpha value is -0.110. The molecule has 0 aromatic carbocycles. The van der Waals surface area contributed by atoms with Gasteiger partial charge in [0.2, 0.25) is 0 Å². The summed E-state index contributed by atoms with van der Waals surface area (Å²) in [5, 5.41) is 0.690. The van der Waals surface area contributed by atoms with Gasteiger partial charge in [-0.3, -0.25) is 0 Å². The van der Waals surface area contributed by atoms with Gasteiger partial charge in [-0.05, 0) is 31.0 Å². The van der Waals surface area contributed by atoms with Gasteiger partial charge >= 0.3 is 0 Å². The van der Waals surface area contributed by atoms with Crippen molar-refractivity contribution in [1.82, 2.24) is 0 Å². The number of hydrogen-bond donors (Lipinski definition) is 0. The van der Waals surface area contributed by atoms with Crippen LogP contribution in [-0.4, -0.2) is 11.7 Å². The predicted octanol–water partition coefficient (Wildman–Crippen LogP) is 2.93. The van der Waals surface area contributed by atoms with E-state index < -0.39 is 0 Å². The summed E-state index contributed by atoms with van der Waals surface area (Å²) in [5.41, 5.74) is 0. The third kappa shape index (κ3) is 3.71. The van der Waals surface area contributed by atoms with Gasteiger partial charge in [-0.25, -0.2) is 0 Å². The Labute approximate surface area is 74.1 Å². The zero-order valence-corrected chi connectivity index (χ0v) is 7.95. The van der Waals surface area contributed by atoms with Crippen molar-refractivity contribution in [3.63, 3.8) is 0 Å². The zero-order valence-electron chi connectivity index (χ0n) is 7.14. The second-order valence-corrected chi connectivity index (χ2v) is 3.88. The number of rotatable bonds is 2. The van der Waals surface area contributed by atoms with Crippen LogP contribution in [0.5, 0.6) is 0 Å². The molecule has 1 nitrogen and oxygen atoms in total. The first-order chi connectivity index (χ1) is 5.29. The molecule has 1 aliphatic carbocycles. The summed E-state index contributed by atoms with van der Waals surface area (Å²) >= 11 is 4.84. The fourth-order valence-electron chi connectivity index (χ4n) is 1.59. The van der Waals surface area contributed by atoms with Crippen LogP contribution in [0.1, 0.15) is 39.0 Å². The van der Waals surface area contributed by atoms with E-state index in [0.29, 0.717) is 5.05 Å². The van der Waals surface area contributed by atoms with Gasteiger partial charge < -0.3 is 4.74 Å². The van der Waals surface area contributed by atoms with Gasteiger partial charge in [-0.15, -0.1) is 0 Å². The van der Waals surface area contributed by atoms with Crippen molar-refractivity contribution in [2.24, 2.45) is 5.92 Å². The SMILES string of the molecule is CC(=S)OCC1CCCCC1. The summed E-state index contributed by atoms with van der Waals surface area (Å²) in [5.74, 6) is 0.779. The standard InChI is InChI=1S/C9H16OS/c1-8(11)10-7-9-5-3-2-4-6-9/h9H,2-7H2,1H3. The third-order valence-electron chi connectivity index (χ3n) is 2.25. The maximum Gasteiger partial charge on any atom is 0.156 e. The predicted molar refractivity (Wildman–Crippen MR) is 50.8 cm³/mol. The fourth-order valence-corrected chi connectivity index (χ4v) is 1.66. The van der Waals surface area contributed by atoms with Crippen LogP contribution in [0.2, 0.25) is 0 Å². The fraction of sp³-hybridized carbons (Fsp3) is 0.889. The van der Waals surface area contributed by atoms with E-state index in [1.807, 2.05) is 6.92 Å². The Balaban J connectivity index is 2.09. The molecule has 0 heterocycles. The summed E-state index contributed by atoms with van der Waals surface area (Å²) in [6.07, 6.45) is 6.84. The van der Waals surface area contributed by atoms with E-state index in [2.05, 4.69) is 0 Å². The number of hydrogen-bond acceptors (Lipinski definition) is 2. The van der Waals surface area contributed by atoms with E-state index in [1.165, 1.54) is 32.1 Å². The van der Waals surface area contributed by atoms with E-state index in [9.17, 15) is 0 Å². The first kappa shape index (κ1) is 8.98. The van der Waals surface area contributed by atoms with Gasteiger partial charge in [-0.2, -0.15) is 0 Å². The second kappa shape index (κ2) is 4.70. The Kier molecular flexibility index (Phi) is 3.84. The number of thiocarbonyl (C=S) groups is 1. The van der Waals surface area contributed by atoms with Gasteiger partial charge in [0.05, 0.1) is 6.61 Å². The highest BCUT2D eigenvalue weighted by atomic mass is 32.1. The van der Waals surface area contributed by atoms with Crippen LogP contribution in [0.25, 0.3) is 0 Å². The van der Waals surface area contributed by atoms with Crippen LogP contribution < -0.4 is 0 Å². The summed E-state index contributed by atoms with van der Waals surface area (Å²) in [6.45, 7) is 2.70. The molecule has 0 aliphatic heterocycles. The van der Waals surface area contributed by atoms with Gasteiger partial charge in [0.1, 0.15) is 0 Å². The van der Waals surface area contributed by atoms with Crippen LogP contribution in [0.3, 0.4) is 0 Å². The van der Waals surface area contributed by atoms with Crippen LogP contribution in [0, 0.1) is 5.92 Å². The molecule has 0 radical (unpaired) electrons. The molecule has 0 atom stereocenters. The van der Waals surface area contributed by atoms with Crippen molar-refractivity contribution in [1.29, 1.82) is 0 Å². The van der Waals surface area contributed by atoms with Gasteiger partial charge in [0, 0.05) is 6.92 Å². The highest BCUT2D eigenvalue weighted by molar-refractivity contribution is 7.80. The Morgan fingerprint density at radius 1 is 1.36 bits per heavy atom. The Morgan fingerprint density at radius 2 is 2.00 bits per heavy atom. The molecular weight excluding hydrogens is 156 g/mol. The zero-order chi connectivity index (χ0) is 8.10. The lowest BCUT2D eigenvalue weighted by Crippen LogP contribution is -2.14. The molecule has 1 aliphatic rings. The molecule has 0 amide bonds. The highest BCUT2D eigenvalue weighted by Crippen LogP contribution is 2.23. The van der Waals surface area contributed by atoms with Crippen molar-refractivity contribution in [3.8, 4) is 0 Å². The summed E-state index contributed by atoms with van der Waals surface area (Å²) in [7, 11) is 0. The highest BCUT2D eigenvalue weighted by Gasteiger charge is 2.13. The summed E-state index contributed by atoms with van der Waals surface area (Å²) < 4.78 is 5.31. The summed E-state index contributed by atoms with van der Waals surface area (Å²) in [6, 6.07) is 0. The van der Waals surface area contributed by atoms with Gasteiger partial charge in [-0.1, -0.05) is 19.3 Å². The molecule has 1 fully saturated rings. The third-order valence-corrected chi connectivity index (χ3v) is 2.36. The number of ether oxygens (including phenoxy) is 1. The largest absolute Gasteiger partial charge is 0.487 e. The van der Waals surface area contributed by atoms with Gasteiger partial charge in [0.25, 0.3) is 0 Å². The molecule has 0 N–H and O–H groups in total. The Bertz CT molecular complexity index is 128. The minimum Gasteiger partial charge on any atom is -0.487 e. The minimum absolute atomic E-state index is 0.690. The molecule has 0 unspecified atom stereocenters. The van der Waals surface area contributed by atoms with Crippen LogP contribution in [0.4, 0.5) is 0 Å². The maximum atomic E-state index is 5.31.